The molecule has 2 aliphatic rings. The molecule has 0 atom stereocenters. The van der Waals surface area contributed by atoms with Crippen LogP contribution >= 0.6 is 11.6 Å². The number of rotatable bonds is 8. The summed E-state index contributed by atoms with van der Waals surface area (Å²) >= 11 is 6.20. The smallest absolute Gasteiger partial charge is 0.229 e. The standard InChI is InChI=1S/C26H29ClN6O3/c27-23-4-2-1-3-21(23)19-36-22-7-5-20(6-8-22)18-28-31-24-17-25(32-9-13-34-14-10-32)30-26(29-24)33-11-15-35-16-12-33/h1-8,17-18H,9-16,19H2,(H,29,30,31). The highest BCUT2D eigenvalue weighted by Gasteiger charge is 2.19. The van der Waals surface area contributed by atoms with E-state index in [2.05, 4.69) is 20.3 Å². The van der Waals surface area contributed by atoms with Gasteiger partial charge in [-0.1, -0.05) is 29.8 Å². The predicted molar refractivity (Wildman–Crippen MR) is 142 cm³/mol. The molecule has 0 amide bonds. The Kier molecular flexibility index (Phi) is 8.12. The van der Waals surface area contributed by atoms with Crippen molar-refractivity contribution in [3.05, 3.63) is 70.7 Å². The van der Waals surface area contributed by atoms with Gasteiger partial charge in [-0.3, -0.25) is 5.43 Å². The molecule has 0 aliphatic carbocycles. The Labute approximate surface area is 215 Å². The number of hydrogen-bond acceptors (Lipinski definition) is 9. The lowest BCUT2D eigenvalue weighted by atomic mass is 10.2. The number of anilines is 3. The van der Waals surface area contributed by atoms with Gasteiger partial charge < -0.3 is 24.0 Å². The van der Waals surface area contributed by atoms with Crippen LogP contribution in [-0.2, 0) is 16.1 Å². The molecule has 5 rings (SSSR count). The number of aromatic nitrogens is 2. The molecule has 0 bridgehead atoms. The van der Waals surface area contributed by atoms with Gasteiger partial charge in [0, 0.05) is 42.8 Å². The zero-order valence-corrected chi connectivity index (χ0v) is 20.7. The minimum atomic E-state index is 0.416. The molecule has 0 unspecified atom stereocenters. The molecule has 2 aliphatic heterocycles. The lowest BCUT2D eigenvalue weighted by molar-refractivity contribution is 0.121. The van der Waals surface area contributed by atoms with Crippen LogP contribution in [0.25, 0.3) is 0 Å². The normalized spacial score (nSPS) is 16.4. The number of hydrazone groups is 1. The molecule has 10 heteroatoms. The molecule has 188 valence electrons. The molecule has 2 aromatic carbocycles. The Morgan fingerprint density at radius 2 is 1.61 bits per heavy atom. The largest absolute Gasteiger partial charge is 0.489 e. The summed E-state index contributed by atoms with van der Waals surface area (Å²) in [5.74, 6) is 2.96. The molecule has 2 saturated heterocycles. The average Bonchev–Trinajstić information content (AvgIpc) is 2.94. The molecule has 1 aromatic heterocycles. The molecule has 0 spiro atoms. The van der Waals surface area contributed by atoms with Crippen molar-refractivity contribution in [2.24, 2.45) is 5.10 Å². The summed E-state index contributed by atoms with van der Waals surface area (Å²) in [6.07, 6.45) is 1.75. The van der Waals surface area contributed by atoms with Crippen molar-refractivity contribution < 1.29 is 14.2 Å². The summed E-state index contributed by atoms with van der Waals surface area (Å²) in [4.78, 5) is 13.9. The first-order valence-electron chi connectivity index (χ1n) is 12.0. The van der Waals surface area contributed by atoms with Crippen LogP contribution in [0.5, 0.6) is 5.75 Å². The molecule has 36 heavy (non-hydrogen) atoms. The van der Waals surface area contributed by atoms with Crippen molar-refractivity contribution in [3.63, 3.8) is 0 Å². The zero-order chi connectivity index (χ0) is 24.6. The van der Waals surface area contributed by atoms with Gasteiger partial charge in [-0.05, 0) is 35.9 Å². The minimum absolute atomic E-state index is 0.416. The van der Waals surface area contributed by atoms with E-state index in [1.807, 2.05) is 54.6 Å². The predicted octanol–water partition coefficient (Wildman–Crippen LogP) is 3.83. The molecule has 2 fully saturated rings. The molecule has 1 N–H and O–H groups in total. The van der Waals surface area contributed by atoms with Gasteiger partial charge in [0.2, 0.25) is 5.95 Å². The van der Waals surface area contributed by atoms with Gasteiger partial charge in [-0.2, -0.15) is 15.1 Å². The van der Waals surface area contributed by atoms with E-state index in [9.17, 15) is 0 Å². The maximum atomic E-state index is 6.20. The van der Waals surface area contributed by atoms with Crippen molar-refractivity contribution in [1.82, 2.24) is 9.97 Å². The van der Waals surface area contributed by atoms with Crippen molar-refractivity contribution in [3.8, 4) is 5.75 Å². The Balaban J connectivity index is 1.24. The first-order valence-corrected chi connectivity index (χ1v) is 12.4. The second kappa shape index (κ2) is 12.0. The number of nitrogens with one attached hydrogen (secondary N) is 1. The zero-order valence-electron chi connectivity index (χ0n) is 20.0. The fourth-order valence-electron chi connectivity index (χ4n) is 3.94. The van der Waals surface area contributed by atoms with Crippen LogP contribution in [0.4, 0.5) is 17.6 Å². The summed E-state index contributed by atoms with van der Waals surface area (Å²) in [7, 11) is 0. The Morgan fingerprint density at radius 1 is 0.917 bits per heavy atom. The van der Waals surface area contributed by atoms with Crippen LogP contribution in [0.2, 0.25) is 5.02 Å². The first-order chi connectivity index (χ1) is 17.7. The molecular weight excluding hydrogens is 480 g/mol. The van der Waals surface area contributed by atoms with E-state index in [-0.39, 0.29) is 0 Å². The van der Waals surface area contributed by atoms with Crippen molar-refractivity contribution >= 4 is 35.4 Å². The third-order valence-electron chi connectivity index (χ3n) is 5.95. The van der Waals surface area contributed by atoms with Gasteiger partial charge in [0.05, 0.1) is 32.6 Å². The van der Waals surface area contributed by atoms with Gasteiger partial charge in [0.25, 0.3) is 0 Å². The Morgan fingerprint density at radius 3 is 2.33 bits per heavy atom. The van der Waals surface area contributed by atoms with Crippen LogP contribution in [0.3, 0.4) is 0 Å². The van der Waals surface area contributed by atoms with Crippen LogP contribution in [0, 0.1) is 0 Å². The van der Waals surface area contributed by atoms with Gasteiger partial charge in [0.15, 0.2) is 5.82 Å². The molecule has 0 saturated carbocycles. The third kappa shape index (κ3) is 6.42. The number of morpholine rings is 2. The molecular formula is C26H29ClN6O3. The minimum Gasteiger partial charge on any atom is -0.489 e. The quantitative estimate of drug-likeness (QED) is 0.363. The van der Waals surface area contributed by atoms with E-state index in [4.69, 9.17) is 35.8 Å². The number of nitrogens with zero attached hydrogens (tertiary/aromatic N) is 5. The topological polar surface area (TPSA) is 84.3 Å². The fraction of sp³-hybridized carbons (Fsp3) is 0.346. The van der Waals surface area contributed by atoms with Gasteiger partial charge in [-0.15, -0.1) is 0 Å². The van der Waals surface area contributed by atoms with Crippen molar-refractivity contribution in [2.45, 2.75) is 6.61 Å². The molecule has 0 radical (unpaired) electrons. The number of ether oxygens (including phenoxy) is 3. The van der Waals surface area contributed by atoms with E-state index >= 15 is 0 Å². The lowest BCUT2D eigenvalue weighted by Gasteiger charge is -2.31. The van der Waals surface area contributed by atoms with E-state index in [1.54, 1.807) is 6.21 Å². The van der Waals surface area contributed by atoms with Gasteiger partial charge in [0.1, 0.15) is 18.2 Å². The monoisotopic (exact) mass is 508 g/mol. The summed E-state index contributed by atoms with van der Waals surface area (Å²) < 4.78 is 16.8. The number of halogens is 1. The van der Waals surface area contributed by atoms with Crippen molar-refractivity contribution in [2.75, 3.05) is 67.8 Å². The Hall–Kier alpha value is -3.40. The van der Waals surface area contributed by atoms with Gasteiger partial charge in [-0.25, -0.2) is 0 Å². The SMILES string of the molecule is Clc1ccccc1COc1ccc(C=NNc2cc(N3CCOCC3)nc(N3CCOCC3)n2)cc1. The van der Waals surface area contributed by atoms with E-state index in [1.165, 1.54) is 0 Å². The second-order valence-corrected chi connectivity index (χ2v) is 8.84. The lowest BCUT2D eigenvalue weighted by Crippen LogP contribution is -2.39. The first kappa shape index (κ1) is 24.3. The van der Waals surface area contributed by atoms with Crippen LogP contribution < -0.4 is 20.0 Å². The van der Waals surface area contributed by atoms with Crippen molar-refractivity contribution in [1.29, 1.82) is 0 Å². The van der Waals surface area contributed by atoms with E-state index < -0.39 is 0 Å². The number of hydrogen-bond donors (Lipinski definition) is 1. The summed E-state index contributed by atoms with van der Waals surface area (Å²) in [6.45, 7) is 6.26. The maximum Gasteiger partial charge on any atom is 0.229 e. The maximum absolute atomic E-state index is 6.20. The van der Waals surface area contributed by atoms with E-state index in [0.717, 1.165) is 48.9 Å². The highest BCUT2D eigenvalue weighted by molar-refractivity contribution is 6.31. The van der Waals surface area contributed by atoms with Crippen LogP contribution in [0.15, 0.2) is 59.7 Å². The average molecular weight is 509 g/mol. The molecule has 9 nitrogen and oxygen atoms in total. The second-order valence-electron chi connectivity index (χ2n) is 8.43. The summed E-state index contributed by atoms with van der Waals surface area (Å²) in [5, 5.41) is 5.11. The summed E-state index contributed by atoms with van der Waals surface area (Å²) in [5.41, 5.74) is 4.96. The fourth-order valence-corrected chi connectivity index (χ4v) is 4.13. The van der Waals surface area contributed by atoms with Crippen LogP contribution in [0.1, 0.15) is 11.1 Å². The van der Waals surface area contributed by atoms with E-state index in [0.29, 0.717) is 49.8 Å². The highest BCUT2D eigenvalue weighted by Crippen LogP contribution is 2.23. The Bertz CT molecular complexity index is 1130. The molecule has 3 aromatic rings. The van der Waals surface area contributed by atoms with Crippen LogP contribution in [-0.4, -0.2) is 68.8 Å². The third-order valence-corrected chi connectivity index (χ3v) is 6.32. The summed E-state index contributed by atoms with van der Waals surface area (Å²) in [6, 6.07) is 17.3. The van der Waals surface area contributed by atoms with Gasteiger partial charge >= 0.3 is 0 Å². The molecule has 3 heterocycles. The number of benzene rings is 2. The highest BCUT2D eigenvalue weighted by atomic mass is 35.5.